The minimum Gasteiger partial charge on any atom is -0.508 e. The first kappa shape index (κ1) is 21.0. The van der Waals surface area contributed by atoms with Crippen molar-refractivity contribution in [2.45, 2.75) is 52.6 Å². The maximum Gasteiger partial charge on any atom is 0.191 e. The van der Waals surface area contributed by atoms with Gasteiger partial charge < -0.3 is 15.7 Å². The number of nitrogens with zero attached hydrogens (tertiary/aromatic N) is 2. The Kier molecular flexibility index (Phi) is 7.69. The predicted molar refractivity (Wildman–Crippen MR) is 119 cm³/mol. The molecule has 3 N–H and O–H groups in total. The minimum atomic E-state index is 0. The number of rotatable bonds is 4. The number of guanidine groups is 1. The summed E-state index contributed by atoms with van der Waals surface area (Å²) >= 11 is 1.71. The van der Waals surface area contributed by atoms with Crippen molar-refractivity contribution in [1.29, 1.82) is 0 Å². The number of aliphatic imine (C=N–C) groups is 1. The topological polar surface area (TPSA) is 69.5 Å². The van der Waals surface area contributed by atoms with E-state index in [1.807, 2.05) is 19.9 Å². The zero-order valence-electron chi connectivity index (χ0n) is 15.6. The summed E-state index contributed by atoms with van der Waals surface area (Å²) in [7, 11) is 1.76. The van der Waals surface area contributed by atoms with E-state index in [0.717, 1.165) is 35.1 Å². The van der Waals surface area contributed by atoms with Gasteiger partial charge in [0.25, 0.3) is 0 Å². The van der Waals surface area contributed by atoms with E-state index in [1.165, 1.54) is 28.8 Å². The molecule has 3 rings (SSSR count). The van der Waals surface area contributed by atoms with Gasteiger partial charge in [0.1, 0.15) is 5.75 Å². The van der Waals surface area contributed by atoms with E-state index in [0.29, 0.717) is 18.8 Å². The van der Waals surface area contributed by atoms with Crippen LogP contribution < -0.4 is 10.6 Å². The van der Waals surface area contributed by atoms with Crippen molar-refractivity contribution < 1.29 is 5.11 Å². The first-order chi connectivity index (χ1) is 12.1. The van der Waals surface area contributed by atoms with Gasteiger partial charge in [-0.25, -0.2) is 4.98 Å². The Morgan fingerprint density at radius 1 is 1.19 bits per heavy atom. The predicted octanol–water partition coefficient (Wildman–Crippen LogP) is 3.83. The van der Waals surface area contributed by atoms with Crippen molar-refractivity contribution in [3.63, 3.8) is 0 Å². The summed E-state index contributed by atoms with van der Waals surface area (Å²) in [6.07, 6.45) is 4.59. The number of nitrogens with one attached hydrogen (secondary N) is 2. The molecule has 0 fully saturated rings. The van der Waals surface area contributed by atoms with Crippen LogP contribution in [0, 0.1) is 13.8 Å². The fourth-order valence-electron chi connectivity index (χ4n) is 3.38. The summed E-state index contributed by atoms with van der Waals surface area (Å²) in [4.78, 5) is 9.97. The van der Waals surface area contributed by atoms with Crippen molar-refractivity contribution in [3.8, 4) is 5.75 Å². The maximum atomic E-state index is 10.3. The summed E-state index contributed by atoms with van der Waals surface area (Å²) in [5, 5.41) is 18.0. The molecule has 0 saturated carbocycles. The zero-order valence-corrected chi connectivity index (χ0v) is 18.7. The smallest absolute Gasteiger partial charge is 0.191 e. The Balaban J connectivity index is 0.00000243. The highest BCUT2D eigenvalue weighted by molar-refractivity contribution is 14.0. The van der Waals surface area contributed by atoms with Crippen LogP contribution in [0.25, 0.3) is 0 Å². The van der Waals surface area contributed by atoms with E-state index in [-0.39, 0.29) is 24.0 Å². The van der Waals surface area contributed by atoms with Crippen LogP contribution in [-0.4, -0.2) is 23.1 Å². The molecule has 1 aliphatic carbocycles. The van der Waals surface area contributed by atoms with Gasteiger partial charge in [0.2, 0.25) is 0 Å². The molecule has 1 aromatic heterocycles. The number of thiazole rings is 1. The van der Waals surface area contributed by atoms with Gasteiger partial charge in [-0.15, -0.1) is 35.3 Å². The highest BCUT2D eigenvalue weighted by Crippen LogP contribution is 2.30. The average Bonchev–Trinajstić information content (AvgIpc) is 2.94. The third-order valence-corrected chi connectivity index (χ3v) is 5.77. The van der Waals surface area contributed by atoms with Crippen LogP contribution in [0.1, 0.15) is 45.1 Å². The van der Waals surface area contributed by atoms with Gasteiger partial charge >= 0.3 is 0 Å². The molecule has 0 amide bonds. The lowest BCUT2D eigenvalue weighted by Gasteiger charge is -2.21. The molecular formula is C19H27IN4OS. The van der Waals surface area contributed by atoms with Crippen LogP contribution in [0.15, 0.2) is 17.1 Å². The molecule has 2 aromatic rings. The Morgan fingerprint density at radius 2 is 1.92 bits per heavy atom. The highest BCUT2D eigenvalue weighted by atomic mass is 127. The standard InChI is InChI=1S/C19H26N4OS.HI/c1-12-18(25-13(2)23-12)11-22-19(20-3)21-10-16-15-7-5-4-6-14(15)8-9-17(16)24;/h8-9,24H,4-7,10-11H2,1-3H3,(H2,20,21,22);1H. The lowest BCUT2D eigenvalue weighted by Crippen LogP contribution is -2.36. The molecule has 0 saturated heterocycles. The van der Waals surface area contributed by atoms with Crippen LogP contribution in [0.2, 0.25) is 0 Å². The molecule has 0 spiro atoms. The fourth-order valence-corrected chi connectivity index (χ4v) is 4.26. The summed E-state index contributed by atoms with van der Waals surface area (Å²) in [6, 6.07) is 3.89. The van der Waals surface area contributed by atoms with E-state index in [2.05, 4.69) is 26.7 Å². The molecular weight excluding hydrogens is 459 g/mol. The summed E-state index contributed by atoms with van der Waals surface area (Å²) in [5.41, 5.74) is 4.76. The van der Waals surface area contributed by atoms with Gasteiger partial charge in [-0.3, -0.25) is 4.99 Å². The minimum absolute atomic E-state index is 0. The molecule has 0 bridgehead atoms. The fraction of sp³-hybridized carbons (Fsp3) is 0.474. The molecule has 1 aromatic carbocycles. The van der Waals surface area contributed by atoms with Crippen LogP contribution in [0.5, 0.6) is 5.75 Å². The van der Waals surface area contributed by atoms with Gasteiger partial charge in [-0.2, -0.15) is 0 Å². The SMILES string of the molecule is CN=C(NCc1sc(C)nc1C)NCc1c(O)ccc2c1CCCC2.I. The van der Waals surface area contributed by atoms with Crippen LogP contribution in [-0.2, 0) is 25.9 Å². The van der Waals surface area contributed by atoms with Gasteiger partial charge in [-0.1, -0.05) is 6.07 Å². The number of halogens is 1. The first-order valence-electron chi connectivity index (χ1n) is 8.78. The number of aromatic nitrogens is 1. The molecule has 0 unspecified atom stereocenters. The van der Waals surface area contributed by atoms with Gasteiger partial charge in [0.05, 0.1) is 17.2 Å². The molecule has 142 valence electrons. The number of fused-ring (bicyclic) bond motifs is 1. The number of hydrogen-bond donors (Lipinski definition) is 3. The van der Waals surface area contributed by atoms with Crippen molar-refractivity contribution in [3.05, 3.63) is 44.4 Å². The monoisotopic (exact) mass is 486 g/mol. The molecule has 5 nitrogen and oxygen atoms in total. The second-order valence-electron chi connectivity index (χ2n) is 6.43. The van der Waals surface area contributed by atoms with Gasteiger partial charge in [-0.05, 0) is 56.7 Å². The Labute approximate surface area is 176 Å². The third-order valence-electron chi connectivity index (χ3n) is 4.70. The summed E-state index contributed by atoms with van der Waals surface area (Å²) in [6.45, 7) is 5.34. The number of phenols is 1. The number of hydrogen-bond acceptors (Lipinski definition) is 4. The van der Waals surface area contributed by atoms with E-state index in [1.54, 1.807) is 18.4 Å². The quantitative estimate of drug-likeness (QED) is 0.349. The van der Waals surface area contributed by atoms with Crippen molar-refractivity contribution in [2.24, 2.45) is 4.99 Å². The Bertz CT molecular complexity index is 788. The van der Waals surface area contributed by atoms with Gasteiger partial charge in [0, 0.05) is 24.0 Å². The largest absolute Gasteiger partial charge is 0.508 e. The molecule has 7 heteroatoms. The van der Waals surface area contributed by atoms with Crippen molar-refractivity contribution in [1.82, 2.24) is 15.6 Å². The number of aromatic hydroxyl groups is 1. The molecule has 0 radical (unpaired) electrons. The third kappa shape index (κ3) is 4.88. The Morgan fingerprint density at radius 3 is 2.62 bits per heavy atom. The maximum absolute atomic E-state index is 10.3. The molecule has 0 atom stereocenters. The van der Waals surface area contributed by atoms with E-state index in [9.17, 15) is 5.11 Å². The number of aryl methyl sites for hydroxylation is 3. The molecule has 1 heterocycles. The van der Waals surface area contributed by atoms with Crippen LogP contribution in [0.3, 0.4) is 0 Å². The summed E-state index contributed by atoms with van der Waals surface area (Å²) in [5.74, 6) is 1.11. The van der Waals surface area contributed by atoms with E-state index < -0.39 is 0 Å². The van der Waals surface area contributed by atoms with Crippen molar-refractivity contribution >= 4 is 41.3 Å². The average molecular weight is 486 g/mol. The van der Waals surface area contributed by atoms with Gasteiger partial charge in [0.15, 0.2) is 5.96 Å². The number of benzene rings is 1. The second-order valence-corrected chi connectivity index (χ2v) is 7.72. The molecule has 1 aliphatic rings. The highest BCUT2D eigenvalue weighted by Gasteiger charge is 2.16. The summed E-state index contributed by atoms with van der Waals surface area (Å²) < 4.78 is 0. The molecule has 26 heavy (non-hydrogen) atoms. The zero-order chi connectivity index (χ0) is 17.8. The normalized spacial score (nSPS) is 13.7. The molecule has 0 aliphatic heterocycles. The number of phenolic OH excluding ortho intramolecular Hbond substituents is 1. The first-order valence-corrected chi connectivity index (χ1v) is 9.60. The second kappa shape index (κ2) is 9.55. The van der Waals surface area contributed by atoms with E-state index in [4.69, 9.17) is 0 Å². The van der Waals surface area contributed by atoms with Crippen LogP contribution >= 0.6 is 35.3 Å². The Hall–Kier alpha value is -1.35. The lowest BCUT2D eigenvalue weighted by atomic mass is 9.88. The lowest BCUT2D eigenvalue weighted by molar-refractivity contribution is 0.464. The van der Waals surface area contributed by atoms with E-state index >= 15 is 0 Å². The van der Waals surface area contributed by atoms with Crippen molar-refractivity contribution in [2.75, 3.05) is 7.05 Å². The van der Waals surface area contributed by atoms with Crippen LogP contribution in [0.4, 0.5) is 0 Å².